The van der Waals surface area contributed by atoms with Crippen LogP contribution in [0.5, 0.6) is 0 Å². The fourth-order valence-electron chi connectivity index (χ4n) is 2.04. The summed E-state index contributed by atoms with van der Waals surface area (Å²) in [6, 6.07) is 0.115. The number of hydrogen-bond acceptors (Lipinski definition) is 4. The minimum absolute atomic E-state index is 0.0380. The van der Waals surface area contributed by atoms with Gasteiger partial charge < -0.3 is 4.90 Å². The largest absolute Gasteiger partial charge is 0.344 e. The smallest absolute Gasteiger partial charge is 0.239 e. The molecule has 1 saturated heterocycles. The summed E-state index contributed by atoms with van der Waals surface area (Å²) in [6.07, 6.45) is 3.85. The SMILES string of the molecule is CCc1cnc(C(C)NC2CCN(C)C2=O)s1. The molecule has 0 spiro atoms. The third kappa shape index (κ3) is 2.66. The highest BCUT2D eigenvalue weighted by atomic mass is 32.1. The Labute approximate surface area is 106 Å². The van der Waals surface area contributed by atoms with Crippen molar-refractivity contribution in [1.82, 2.24) is 15.2 Å². The van der Waals surface area contributed by atoms with Crippen LogP contribution in [0.15, 0.2) is 6.20 Å². The molecule has 1 fully saturated rings. The summed E-state index contributed by atoms with van der Waals surface area (Å²) in [5.41, 5.74) is 0. The van der Waals surface area contributed by atoms with Gasteiger partial charge in [0.1, 0.15) is 5.01 Å². The van der Waals surface area contributed by atoms with Crippen LogP contribution in [-0.2, 0) is 11.2 Å². The highest BCUT2D eigenvalue weighted by Crippen LogP contribution is 2.22. The van der Waals surface area contributed by atoms with Crippen LogP contribution < -0.4 is 5.32 Å². The first-order valence-corrected chi connectivity index (χ1v) is 6.89. The maximum atomic E-state index is 11.8. The number of likely N-dealkylation sites (tertiary alicyclic amines) is 1. The van der Waals surface area contributed by atoms with Crippen LogP contribution in [0.3, 0.4) is 0 Å². The summed E-state index contributed by atoms with van der Waals surface area (Å²) < 4.78 is 0. The van der Waals surface area contributed by atoms with Gasteiger partial charge in [-0.3, -0.25) is 10.1 Å². The highest BCUT2D eigenvalue weighted by Gasteiger charge is 2.30. The fourth-order valence-corrected chi connectivity index (χ4v) is 2.91. The number of rotatable bonds is 4. The lowest BCUT2D eigenvalue weighted by Crippen LogP contribution is -2.38. The van der Waals surface area contributed by atoms with Gasteiger partial charge in [-0.15, -0.1) is 11.3 Å². The van der Waals surface area contributed by atoms with Crippen LogP contribution in [-0.4, -0.2) is 35.4 Å². The molecule has 2 unspecified atom stereocenters. The van der Waals surface area contributed by atoms with Crippen molar-refractivity contribution in [3.63, 3.8) is 0 Å². The van der Waals surface area contributed by atoms with Gasteiger partial charge in [-0.05, 0) is 19.8 Å². The summed E-state index contributed by atoms with van der Waals surface area (Å²) in [5, 5.41) is 4.44. The van der Waals surface area contributed by atoms with E-state index in [4.69, 9.17) is 0 Å². The van der Waals surface area contributed by atoms with Crippen molar-refractivity contribution >= 4 is 17.2 Å². The van der Waals surface area contributed by atoms with Gasteiger partial charge in [0.2, 0.25) is 5.91 Å². The van der Waals surface area contributed by atoms with Gasteiger partial charge in [0.15, 0.2) is 0 Å². The van der Waals surface area contributed by atoms with Gasteiger partial charge in [-0.25, -0.2) is 4.98 Å². The average Bonchev–Trinajstić information content (AvgIpc) is 2.91. The predicted molar refractivity (Wildman–Crippen MR) is 69.1 cm³/mol. The van der Waals surface area contributed by atoms with Crippen molar-refractivity contribution in [2.24, 2.45) is 0 Å². The molecule has 94 valence electrons. The molecule has 0 saturated carbocycles. The van der Waals surface area contributed by atoms with Gasteiger partial charge >= 0.3 is 0 Å². The number of nitrogens with zero attached hydrogens (tertiary/aromatic N) is 2. The molecule has 4 nitrogen and oxygen atoms in total. The van der Waals surface area contributed by atoms with Gasteiger partial charge in [0.05, 0.1) is 12.1 Å². The standard InChI is InChI=1S/C12H19N3OS/c1-4-9-7-13-11(17-9)8(2)14-10-5-6-15(3)12(10)16/h7-8,10,14H,4-6H2,1-3H3. The van der Waals surface area contributed by atoms with E-state index in [1.165, 1.54) is 4.88 Å². The molecule has 0 aliphatic carbocycles. The second-order valence-electron chi connectivity index (χ2n) is 4.51. The van der Waals surface area contributed by atoms with Crippen LogP contribution >= 0.6 is 11.3 Å². The molecule has 0 bridgehead atoms. The average molecular weight is 253 g/mol. The molecule has 0 radical (unpaired) electrons. The molecule has 1 aromatic heterocycles. The molecule has 1 aliphatic rings. The predicted octanol–water partition coefficient (Wildman–Crippen LogP) is 1.59. The number of aromatic nitrogens is 1. The zero-order chi connectivity index (χ0) is 12.4. The molecular weight excluding hydrogens is 234 g/mol. The quantitative estimate of drug-likeness (QED) is 0.886. The molecule has 2 rings (SSSR count). The van der Waals surface area contributed by atoms with E-state index in [-0.39, 0.29) is 18.0 Å². The number of carbonyl (C=O) groups is 1. The second-order valence-corrected chi connectivity index (χ2v) is 5.65. The van der Waals surface area contributed by atoms with E-state index in [2.05, 4.69) is 24.1 Å². The van der Waals surface area contributed by atoms with Crippen molar-refractivity contribution in [2.45, 2.75) is 38.8 Å². The van der Waals surface area contributed by atoms with Crippen LogP contribution in [0.25, 0.3) is 0 Å². The van der Waals surface area contributed by atoms with E-state index in [1.807, 2.05) is 13.2 Å². The minimum atomic E-state index is -0.0380. The molecule has 1 N–H and O–H groups in total. The number of carbonyl (C=O) groups excluding carboxylic acids is 1. The number of amides is 1. The Bertz CT molecular complexity index is 404. The number of hydrogen-bond donors (Lipinski definition) is 1. The normalized spacial score (nSPS) is 22.2. The summed E-state index contributed by atoms with van der Waals surface area (Å²) in [6.45, 7) is 5.05. The van der Waals surface area contributed by atoms with Crippen molar-refractivity contribution in [2.75, 3.05) is 13.6 Å². The molecule has 17 heavy (non-hydrogen) atoms. The number of thiazole rings is 1. The molecule has 2 atom stereocenters. The Hall–Kier alpha value is -0.940. The minimum Gasteiger partial charge on any atom is -0.344 e. The Morgan fingerprint density at radius 1 is 1.71 bits per heavy atom. The van der Waals surface area contributed by atoms with Gasteiger partial charge in [0, 0.05) is 24.7 Å². The lowest BCUT2D eigenvalue weighted by atomic mass is 10.2. The lowest BCUT2D eigenvalue weighted by molar-refractivity contribution is -0.128. The van der Waals surface area contributed by atoms with E-state index in [9.17, 15) is 4.79 Å². The zero-order valence-corrected chi connectivity index (χ0v) is 11.4. The van der Waals surface area contributed by atoms with E-state index in [0.29, 0.717) is 0 Å². The first-order valence-electron chi connectivity index (χ1n) is 6.07. The van der Waals surface area contributed by atoms with Crippen LogP contribution in [0.1, 0.15) is 36.2 Å². The van der Waals surface area contributed by atoms with Crippen molar-refractivity contribution in [1.29, 1.82) is 0 Å². The Morgan fingerprint density at radius 3 is 3.00 bits per heavy atom. The summed E-state index contributed by atoms with van der Waals surface area (Å²) in [5.74, 6) is 0.198. The number of aryl methyl sites for hydroxylation is 1. The van der Waals surface area contributed by atoms with Crippen LogP contribution in [0, 0.1) is 0 Å². The van der Waals surface area contributed by atoms with Gasteiger partial charge in [-0.2, -0.15) is 0 Å². The summed E-state index contributed by atoms with van der Waals surface area (Å²) in [4.78, 5) is 19.3. The topological polar surface area (TPSA) is 45.2 Å². The molecule has 2 heterocycles. The molecule has 0 aromatic carbocycles. The first-order chi connectivity index (χ1) is 8.11. The van der Waals surface area contributed by atoms with E-state index < -0.39 is 0 Å². The third-order valence-electron chi connectivity index (χ3n) is 3.17. The monoisotopic (exact) mass is 253 g/mol. The van der Waals surface area contributed by atoms with E-state index in [1.54, 1.807) is 16.2 Å². The number of likely N-dealkylation sites (N-methyl/N-ethyl adjacent to an activating group) is 1. The van der Waals surface area contributed by atoms with Gasteiger partial charge in [-0.1, -0.05) is 6.92 Å². The van der Waals surface area contributed by atoms with Crippen LogP contribution in [0.2, 0.25) is 0 Å². The Morgan fingerprint density at radius 2 is 2.47 bits per heavy atom. The summed E-state index contributed by atoms with van der Waals surface area (Å²) in [7, 11) is 1.85. The van der Waals surface area contributed by atoms with Gasteiger partial charge in [0.25, 0.3) is 0 Å². The molecule has 1 aliphatic heterocycles. The number of nitrogens with one attached hydrogen (secondary N) is 1. The van der Waals surface area contributed by atoms with Crippen molar-refractivity contribution < 1.29 is 4.79 Å². The molecule has 5 heteroatoms. The third-order valence-corrected chi connectivity index (χ3v) is 4.49. The zero-order valence-electron chi connectivity index (χ0n) is 10.6. The van der Waals surface area contributed by atoms with E-state index in [0.717, 1.165) is 24.4 Å². The molecule has 1 amide bonds. The van der Waals surface area contributed by atoms with Crippen molar-refractivity contribution in [3.8, 4) is 0 Å². The second kappa shape index (κ2) is 5.14. The Balaban J connectivity index is 1.97. The molecule has 1 aromatic rings. The first kappa shape index (κ1) is 12.5. The Kier molecular flexibility index (Phi) is 3.79. The van der Waals surface area contributed by atoms with Crippen molar-refractivity contribution in [3.05, 3.63) is 16.1 Å². The van der Waals surface area contributed by atoms with Crippen LogP contribution in [0.4, 0.5) is 0 Å². The fraction of sp³-hybridized carbons (Fsp3) is 0.667. The summed E-state index contributed by atoms with van der Waals surface area (Å²) >= 11 is 1.73. The lowest BCUT2D eigenvalue weighted by Gasteiger charge is -2.16. The van der Waals surface area contributed by atoms with E-state index >= 15 is 0 Å². The highest BCUT2D eigenvalue weighted by molar-refractivity contribution is 7.11. The maximum Gasteiger partial charge on any atom is 0.239 e. The maximum absolute atomic E-state index is 11.8. The molecular formula is C12H19N3OS.